The van der Waals surface area contributed by atoms with Crippen molar-refractivity contribution in [1.82, 2.24) is 20.9 Å². The predicted molar refractivity (Wildman–Crippen MR) is 150 cm³/mol. The van der Waals surface area contributed by atoms with E-state index in [4.69, 9.17) is 11.5 Å². The summed E-state index contributed by atoms with van der Waals surface area (Å²) in [4.78, 5) is 34.2. The van der Waals surface area contributed by atoms with Gasteiger partial charge in [-0.15, -0.1) is 11.8 Å². The van der Waals surface area contributed by atoms with Gasteiger partial charge in [-0.2, -0.15) is 4.99 Å². The van der Waals surface area contributed by atoms with Crippen molar-refractivity contribution >= 4 is 41.3 Å². The van der Waals surface area contributed by atoms with E-state index in [-0.39, 0.29) is 29.3 Å². The monoisotopic (exact) mass is 528 g/mol. The maximum absolute atomic E-state index is 12.2. The number of nitrogens with zero attached hydrogens (tertiary/aromatic N) is 3. The van der Waals surface area contributed by atoms with Crippen LogP contribution in [-0.2, 0) is 11.2 Å². The fourth-order valence-corrected chi connectivity index (χ4v) is 6.75. The molecular formula is C26H40N8O2S. The zero-order valence-corrected chi connectivity index (χ0v) is 22.4. The van der Waals surface area contributed by atoms with Crippen LogP contribution in [0.1, 0.15) is 63.9 Å². The number of carbonyl (C=O) groups excluding carboxylic acids is 2. The molecule has 7 N–H and O–H groups in total. The van der Waals surface area contributed by atoms with Gasteiger partial charge >= 0.3 is 6.03 Å². The van der Waals surface area contributed by atoms with E-state index in [9.17, 15) is 9.59 Å². The third kappa shape index (κ3) is 8.02. The molecule has 3 saturated heterocycles. The van der Waals surface area contributed by atoms with E-state index >= 15 is 0 Å². The number of thioether (sulfide) groups is 1. The van der Waals surface area contributed by atoms with Gasteiger partial charge < -0.3 is 32.3 Å². The lowest BCUT2D eigenvalue weighted by Crippen LogP contribution is -2.46. The SMILES string of the molecule is CC1CCCCN1C(N)=NC(N)=Nc1ccc(CCNC(=O)CCCCC2CC3NC(=O)NC3S2)cc1. The summed E-state index contributed by atoms with van der Waals surface area (Å²) in [6.45, 7) is 3.65. The molecule has 3 aliphatic rings. The molecule has 0 bridgehead atoms. The average Bonchev–Trinajstić information content (AvgIpc) is 3.40. The van der Waals surface area contributed by atoms with Crippen LogP contribution in [0.4, 0.5) is 10.5 Å². The highest BCUT2D eigenvalue weighted by atomic mass is 32.2. The summed E-state index contributed by atoms with van der Waals surface area (Å²) in [5.41, 5.74) is 14.0. The lowest BCUT2D eigenvalue weighted by atomic mass is 10.0. The molecule has 3 heterocycles. The highest BCUT2D eigenvalue weighted by Crippen LogP contribution is 2.37. The van der Waals surface area contributed by atoms with E-state index in [2.05, 4.69) is 37.8 Å². The van der Waals surface area contributed by atoms with Crippen LogP contribution in [-0.4, -0.2) is 64.6 Å². The first-order valence-corrected chi connectivity index (χ1v) is 14.3. The van der Waals surface area contributed by atoms with Crippen LogP contribution in [0.3, 0.4) is 0 Å². The second kappa shape index (κ2) is 13.0. The van der Waals surface area contributed by atoms with Crippen LogP contribution >= 0.6 is 11.8 Å². The first-order chi connectivity index (χ1) is 17.9. The Hall–Kier alpha value is -2.95. The number of unbranched alkanes of at least 4 members (excludes halogenated alkanes) is 1. The van der Waals surface area contributed by atoms with Crippen LogP contribution < -0.4 is 27.4 Å². The molecule has 11 heteroatoms. The van der Waals surface area contributed by atoms with E-state index < -0.39 is 0 Å². The molecule has 4 rings (SSSR count). The molecule has 0 saturated carbocycles. The Balaban J connectivity index is 1.10. The Labute approximate surface area is 223 Å². The van der Waals surface area contributed by atoms with Crippen molar-refractivity contribution in [2.45, 2.75) is 87.4 Å². The van der Waals surface area contributed by atoms with Gasteiger partial charge in [-0.1, -0.05) is 18.6 Å². The quantitative estimate of drug-likeness (QED) is 0.189. The van der Waals surface area contributed by atoms with Crippen molar-refractivity contribution < 1.29 is 9.59 Å². The summed E-state index contributed by atoms with van der Waals surface area (Å²) in [5, 5.41) is 9.69. The Morgan fingerprint density at radius 2 is 2.00 bits per heavy atom. The van der Waals surface area contributed by atoms with E-state index in [1.54, 1.807) is 0 Å². The van der Waals surface area contributed by atoms with Crippen molar-refractivity contribution in [2.75, 3.05) is 13.1 Å². The molecule has 3 aliphatic heterocycles. The number of nitrogens with two attached hydrogens (primary N) is 2. The molecule has 1 aromatic carbocycles. The smallest absolute Gasteiger partial charge is 0.316 e. The third-order valence-corrected chi connectivity index (χ3v) is 8.79. The van der Waals surface area contributed by atoms with Crippen LogP contribution in [0.5, 0.6) is 0 Å². The number of likely N-dealkylation sites (tertiary alicyclic amines) is 1. The van der Waals surface area contributed by atoms with Crippen molar-refractivity contribution in [3.05, 3.63) is 29.8 Å². The Morgan fingerprint density at radius 1 is 1.19 bits per heavy atom. The number of benzene rings is 1. The Morgan fingerprint density at radius 3 is 2.76 bits per heavy atom. The maximum atomic E-state index is 12.2. The topological polar surface area (TPSA) is 150 Å². The van der Waals surface area contributed by atoms with Crippen molar-refractivity contribution in [3.8, 4) is 0 Å². The fourth-order valence-electron chi connectivity index (χ4n) is 5.17. The van der Waals surface area contributed by atoms with Crippen LogP contribution in [0.25, 0.3) is 0 Å². The number of piperidine rings is 1. The number of fused-ring (bicyclic) bond motifs is 1. The third-order valence-electron chi connectivity index (χ3n) is 7.23. The Kier molecular flexibility index (Phi) is 9.54. The summed E-state index contributed by atoms with van der Waals surface area (Å²) in [6.07, 6.45) is 8.74. The molecule has 37 heavy (non-hydrogen) atoms. The van der Waals surface area contributed by atoms with Crippen LogP contribution in [0.15, 0.2) is 34.3 Å². The van der Waals surface area contributed by atoms with Gasteiger partial charge in [-0.25, -0.2) is 9.79 Å². The molecule has 10 nitrogen and oxygen atoms in total. The highest BCUT2D eigenvalue weighted by Gasteiger charge is 2.40. The molecule has 3 amide bonds. The molecule has 0 spiro atoms. The summed E-state index contributed by atoms with van der Waals surface area (Å²) in [5.74, 6) is 0.665. The highest BCUT2D eigenvalue weighted by molar-refractivity contribution is 8.00. The average molecular weight is 529 g/mol. The van der Waals surface area contributed by atoms with E-state index in [0.29, 0.717) is 30.2 Å². The summed E-state index contributed by atoms with van der Waals surface area (Å²) >= 11 is 1.84. The number of nitrogens with one attached hydrogen (secondary N) is 3. The van der Waals surface area contributed by atoms with Gasteiger partial charge in [0.2, 0.25) is 11.9 Å². The van der Waals surface area contributed by atoms with E-state index in [1.165, 1.54) is 6.42 Å². The molecular weight excluding hydrogens is 488 g/mol. The van der Waals surface area contributed by atoms with Crippen molar-refractivity contribution in [1.29, 1.82) is 0 Å². The number of aliphatic imine (C=N–C) groups is 2. The minimum absolute atomic E-state index is 0.0552. The van der Waals surface area contributed by atoms with Crippen molar-refractivity contribution in [3.63, 3.8) is 0 Å². The zero-order valence-electron chi connectivity index (χ0n) is 21.6. The lowest BCUT2D eigenvalue weighted by molar-refractivity contribution is -0.121. The number of hydrogen-bond acceptors (Lipinski definition) is 4. The van der Waals surface area contributed by atoms with Gasteiger partial charge in [0.1, 0.15) is 0 Å². The first kappa shape index (κ1) is 27.1. The van der Waals surface area contributed by atoms with Crippen LogP contribution in [0.2, 0.25) is 0 Å². The second-order valence-corrected chi connectivity index (χ2v) is 11.6. The minimum Gasteiger partial charge on any atom is -0.369 e. The fraction of sp³-hybridized carbons (Fsp3) is 0.615. The number of rotatable bonds is 9. The van der Waals surface area contributed by atoms with Gasteiger partial charge in [-0.05, 0) is 69.6 Å². The molecule has 4 unspecified atom stereocenters. The van der Waals surface area contributed by atoms with Crippen molar-refractivity contribution in [2.24, 2.45) is 21.5 Å². The standard InChI is InChI=1S/C26H40N8O2S/c1-17-6-4-5-15-34(17)25(28)33-24(27)30-19-11-9-18(10-12-19)13-14-29-22(35)8-3-2-7-20-16-21-23(37-20)32-26(36)31-21/h9-12,17,20-21,23H,2-8,13-16H2,1H3,(H,29,35)(H2,31,32,36)(H4,27,28,30,33). The normalized spacial score (nSPS) is 26.0. The van der Waals surface area contributed by atoms with E-state index in [0.717, 1.165) is 62.7 Å². The molecule has 0 aromatic heterocycles. The molecule has 0 radical (unpaired) electrons. The summed E-state index contributed by atoms with van der Waals surface area (Å²) in [7, 11) is 0. The zero-order chi connectivity index (χ0) is 26.2. The molecule has 4 atom stereocenters. The van der Waals surface area contributed by atoms with Crippen LogP contribution in [0, 0.1) is 0 Å². The van der Waals surface area contributed by atoms with Gasteiger partial charge in [0.25, 0.3) is 0 Å². The molecule has 1 aromatic rings. The van der Waals surface area contributed by atoms with Gasteiger partial charge in [-0.3, -0.25) is 4.79 Å². The number of amides is 3. The maximum Gasteiger partial charge on any atom is 0.316 e. The molecule has 202 valence electrons. The van der Waals surface area contributed by atoms with Gasteiger partial charge in [0.15, 0.2) is 5.96 Å². The molecule has 3 fully saturated rings. The minimum atomic E-state index is -0.0552. The van der Waals surface area contributed by atoms with Gasteiger partial charge in [0, 0.05) is 30.8 Å². The summed E-state index contributed by atoms with van der Waals surface area (Å²) < 4.78 is 0. The first-order valence-electron chi connectivity index (χ1n) is 13.4. The number of hydrogen-bond donors (Lipinski definition) is 5. The Bertz CT molecular complexity index is 983. The largest absolute Gasteiger partial charge is 0.369 e. The summed E-state index contributed by atoms with van der Waals surface area (Å²) in [6, 6.07) is 8.34. The number of urea groups is 1. The lowest BCUT2D eigenvalue weighted by Gasteiger charge is -2.34. The molecule has 0 aliphatic carbocycles. The second-order valence-electron chi connectivity index (χ2n) is 10.1. The number of carbonyl (C=O) groups is 2. The van der Waals surface area contributed by atoms with E-state index in [1.807, 2.05) is 36.0 Å². The van der Waals surface area contributed by atoms with Gasteiger partial charge in [0.05, 0.1) is 17.1 Å². The number of guanidine groups is 2. The predicted octanol–water partition coefficient (Wildman–Crippen LogP) is 2.55.